The minimum absolute atomic E-state index is 0.0670. The quantitative estimate of drug-likeness (QED) is 0.615. The minimum Gasteiger partial charge on any atom is -0.396 e. The van der Waals surface area contributed by atoms with Crippen molar-refractivity contribution in [1.82, 2.24) is 5.32 Å². The van der Waals surface area contributed by atoms with Crippen LogP contribution in [-0.2, 0) is 11.2 Å². The third kappa shape index (κ3) is 6.00. The molecule has 0 saturated heterocycles. The SMILES string of the molecule is N#Cc1ccc(C[C@@H](N)CC(=O)NCCCO)cc1. The van der Waals surface area contributed by atoms with E-state index < -0.39 is 0 Å². The number of aliphatic hydroxyl groups excluding tert-OH is 1. The second kappa shape index (κ2) is 8.25. The molecule has 0 aliphatic heterocycles. The summed E-state index contributed by atoms with van der Waals surface area (Å²) in [6, 6.07) is 8.98. The van der Waals surface area contributed by atoms with E-state index in [1.807, 2.05) is 12.1 Å². The third-order valence-electron chi connectivity index (χ3n) is 2.69. The first-order valence-electron chi connectivity index (χ1n) is 6.28. The lowest BCUT2D eigenvalue weighted by atomic mass is 10.0. The van der Waals surface area contributed by atoms with Crippen LogP contribution >= 0.6 is 0 Å². The molecule has 5 heteroatoms. The molecule has 0 spiro atoms. The largest absolute Gasteiger partial charge is 0.396 e. The first kappa shape index (κ1) is 15.2. The summed E-state index contributed by atoms with van der Waals surface area (Å²) in [4.78, 5) is 11.5. The highest BCUT2D eigenvalue weighted by Crippen LogP contribution is 2.07. The van der Waals surface area contributed by atoms with Crippen LogP contribution in [0.1, 0.15) is 24.0 Å². The zero-order valence-electron chi connectivity index (χ0n) is 10.8. The number of nitrogens with one attached hydrogen (secondary N) is 1. The van der Waals surface area contributed by atoms with Crippen molar-refractivity contribution in [2.75, 3.05) is 13.2 Å². The van der Waals surface area contributed by atoms with Gasteiger partial charge < -0.3 is 16.2 Å². The second-order valence-electron chi connectivity index (χ2n) is 4.40. The summed E-state index contributed by atoms with van der Waals surface area (Å²) < 4.78 is 0. The van der Waals surface area contributed by atoms with E-state index in [1.54, 1.807) is 12.1 Å². The first-order chi connectivity index (χ1) is 9.15. The molecule has 19 heavy (non-hydrogen) atoms. The molecule has 0 unspecified atom stereocenters. The Hall–Kier alpha value is -1.90. The normalized spacial score (nSPS) is 11.6. The minimum atomic E-state index is -0.248. The highest BCUT2D eigenvalue weighted by molar-refractivity contribution is 5.76. The first-order valence-corrected chi connectivity index (χ1v) is 6.28. The molecular formula is C14H19N3O2. The molecule has 0 fully saturated rings. The van der Waals surface area contributed by atoms with Crippen molar-refractivity contribution in [2.45, 2.75) is 25.3 Å². The van der Waals surface area contributed by atoms with Crippen LogP contribution in [0.25, 0.3) is 0 Å². The number of benzene rings is 1. The standard InChI is InChI=1S/C14H19N3O2/c15-10-12-4-2-11(3-5-12)8-13(16)9-14(19)17-6-1-7-18/h2-5,13,18H,1,6-9,16H2,(H,17,19)/t13-/m1/s1. The summed E-state index contributed by atoms with van der Waals surface area (Å²) in [5, 5.41) is 20.0. The number of nitrogens with zero attached hydrogens (tertiary/aromatic N) is 1. The van der Waals surface area contributed by atoms with Gasteiger partial charge in [-0.1, -0.05) is 12.1 Å². The number of rotatable bonds is 7. The molecule has 1 amide bonds. The molecular weight excluding hydrogens is 242 g/mol. The highest BCUT2D eigenvalue weighted by Gasteiger charge is 2.09. The van der Waals surface area contributed by atoms with Gasteiger partial charge in [0.05, 0.1) is 11.6 Å². The van der Waals surface area contributed by atoms with E-state index in [0.29, 0.717) is 24.9 Å². The smallest absolute Gasteiger partial charge is 0.221 e. The van der Waals surface area contributed by atoms with Crippen molar-refractivity contribution in [2.24, 2.45) is 5.73 Å². The van der Waals surface area contributed by atoms with Gasteiger partial charge in [0.2, 0.25) is 5.91 Å². The Kier molecular flexibility index (Phi) is 6.58. The fraction of sp³-hybridized carbons (Fsp3) is 0.429. The molecule has 4 N–H and O–H groups in total. The number of carbonyl (C=O) groups is 1. The van der Waals surface area contributed by atoms with Crippen molar-refractivity contribution >= 4 is 5.91 Å². The molecule has 0 radical (unpaired) electrons. The molecule has 1 atom stereocenters. The van der Waals surface area contributed by atoms with E-state index in [9.17, 15) is 4.79 Å². The van der Waals surface area contributed by atoms with E-state index in [4.69, 9.17) is 16.1 Å². The topological polar surface area (TPSA) is 99.1 Å². The fourth-order valence-corrected chi connectivity index (χ4v) is 1.71. The molecule has 0 bridgehead atoms. The molecule has 0 aliphatic rings. The summed E-state index contributed by atoms with van der Waals surface area (Å²) in [6.45, 7) is 0.538. The number of aliphatic hydroxyl groups is 1. The molecule has 0 aromatic heterocycles. The van der Waals surface area contributed by atoms with Crippen LogP contribution in [0.3, 0.4) is 0 Å². The molecule has 102 valence electrons. The zero-order valence-corrected chi connectivity index (χ0v) is 10.8. The number of hydrogen-bond donors (Lipinski definition) is 3. The van der Waals surface area contributed by atoms with Gasteiger partial charge in [-0.3, -0.25) is 4.79 Å². The third-order valence-corrected chi connectivity index (χ3v) is 2.69. The monoisotopic (exact) mass is 261 g/mol. The van der Waals surface area contributed by atoms with Gasteiger partial charge in [-0.05, 0) is 30.5 Å². The van der Waals surface area contributed by atoms with E-state index >= 15 is 0 Å². The van der Waals surface area contributed by atoms with Crippen molar-refractivity contribution < 1.29 is 9.90 Å². The van der Waals surface area contributed by atoms with Crippen LogP contribution < -0.4 is 11.1 Å². The predicted molar refractivity (Wildman–Crippen MR) is 72.2 cm³/mol. The van der Waals surface area contributed by atoms with Gasteiger partial charge >= 0.3 is 0 Å². The van der Waals surface area contributed by atoms with Gasteiger partial charge in [0.25, 0.3) is 0 Å². The van der Waals surface area contributed by atoms with Gasteiger partial charge in [-0.2, -0.15) is 5.26 Å². The number of carbonyl (C=O) groups excluding carboxylic acids is 1. The summed E-state index contributed by atoms with van der Waals surface area (Å²) >= 11 is 0. The van der Waals surface area contributed by atoms with Crippen molar-refractivity contribution in [3.63, 3.8) is 0 Å². The van der Waals surface area contributed by atoms with E-state index in [1.165, 1.54) is 0 Å². The summed E-state index contributed by atoms with van der Waals surface area (Å²) in [5.41, 5.74) is 7.53. The fourth-order valence-electron chi connectivity index (χ4n) is 1.71. The number of hydrogen-bond acceptors (Lipinski definition) is 4. The maximum Gasteiger partial charge on any atom is 0.221 e. The Morgan fingerprint density at radius 3 is 2.68 bits per heavy atom. The van der Waals surface area contributed by atoms with E-state index in [2.05, 4.69) is 11.4 Å². The zero-order chi connectivity index (χ0) is 14.1. The Morgan fingerprint density at radius 2 is 2.11 bits per heavy atom. The lowest BCUT2D eigenvalue weighted by Crippen LogP contribution is -2.33. The lowest BCUT2D eigenvalue weighted by molar-refractivity contribution is -0.121. The molecule has 1 aromatic rings. The van der Waals surface area contributed by atoms with Gasteiger partial charge in [0.1, 0.15) is 0 Å². The van der Waals surface area contributed by atoms with Crippen molar-refractivity contribution in [1.29, 1.82) is 5.26 Å². The number of nitrogens with two attached hydrogens (primary N) is 1. The molecule has 1 rings (SSSR count). The van der Waals surface area contributed by atoms with Crippen LogP contribution in [0.2, 0.25) is 0 Å². The molecule has 0 aliphatic carbocycles. The maximum atomic E-state index is 11.5. The Balaban J connectivity index is 2.35. The number of amides is 1. The Bertz CT molecular complexity index is 437. The van der Waals surface area contributed by atoms with Gasteiger partial charge in [0.15, 0.2) is 0 Å². The van der Waals surface area contributed by atoms with Crippen molar-refractivity contribution in [3.8, 4) is 6.07 Å². The van der Waals surface area contributed by atoms with E-state index in [0.717, 1.165) is 5.56 Å². The van der Waals surface area contributed by atoms with E-state index in [-0.39, 0.29) is 25.0 Å². The maximum absolute atomic E-state index is 11.5. The van der Waals surface area contributed by atoms with Gasteiger partial charge in [-0.15, -0.1) is 0 Å². The van der Waals surface area contributed by atoms with Crippen molar-refractivity contribution in [3.05, 3.63) is 35.4 Å². The molecule has 1 aromatic carbocycles. The van der Waals surface area contributed by atoms with Gasteiger partial charge in [-0.25, -0.2) is 0 Å². The van der Waals surface area contributed by atoms with Crippen LogP contribution in [-0.4, -0.2) is 30.2 Å². The molecule has 0 heterocycles. The highest BCUT2D eigenvalue weighted by atomic mass is 16.3. The summed E-state index contributed by atoms with van der Waals surface area (Å²) in [6.07, 6.45) is 1.40. The molecule has 5 nitrogen and oxygen atoms in total. The van der Waals surface area contributed by atoms with Crippen LogP contribution in [0.5, 0.6) is 0 Å². The van der Waals surface area contributed by atoms with Crippen LogP contribution in [0, 0.1) is 11.3 Å². The average Bonchev–Trinajstić information content (AvgIpc) is 2.39. The lowest BCUT2D eigenvalue weighted by Gasteiger charge is -2.11. The predicted octanol–water partition coefficient (Wildman–Crippen LogP) is 0.317. The summed E-state index contributed by atoms with van der Waals surface area (Å²) in [5.74, 6) is -0.102. The molecule has 0 saturated carbocycles. The summed E-state index contributed by atoms with van der Waals surface area (Å²) in [7, 11) is 0. The van der Waals surface area contributed by atoms with Gasteiger partial charge in [0, 0.05) is 25.6 Å². The second-order valence-corrected chi connectivity index (χ2v) is 4.40. The number of nitriles is 1. The Labute approximate surface area is 113 Å². The van der Waals surface area contributed by atoms with Crippen LogP contribution in [0.4, 0.5) is 0 Å². The Morgan fingerprint density at radius 1 is 1.42 bits per heavy atom. The average molecular weight is 261 g/mol. The van der Waals surface area contributed by atoms with Crippen LogP contribution in [0.15, 0.2) is 24.3 Å².